The molecule has 0 aromatic heterocycles. The van der Waals surface area contributed by atoms with E-state index in [0.29, 0.717) is 0 Å². The van der Waals surface area contributed by atoms with Crippen molar-refractivity contribution in [2.45, 2.75) is 38.5 Å². The Morgan fingerprint density at radius 1 is 1.09 bits per heavy atom. The SMILES string of the molecule is CC(C)OC(O[SiH2]c1ccccc1)OC(F)(CF)C(F)(F)F. The van der Waals surface area contributed by atoms with Crippen molar-refractivity contribution >= 4 is 14.9 Å². The summed E-state index contributed by atoms with van der Waals surface area (Å²) < 4.78 is 77.8. The minimum absolute atomic E-state index is 0.591. The normalized spacial score (nSPS) is 17.1. The Morgan fingerprint density at radius 3 is 2.14 bits per heavy atom. The molecule has 126 valence electrons. The van der Waals surface area contributed by atoms with Crippen LogP contribution in [0.1, 0.15) is 13.8 Å². The van der Waals surface area contributed by atoms with Crippen LogP contribution in [0.25, 0.3) is 0 Å². The number of benzene rings is 1. The second kappa shape index (κ2) is 8.00. The standard InChI is InChI=1S/C13H17F5O3Si/c1-9(2)19-11(20-12(15,8-14)13(16,17)18)21-22-10-6-4-3-5-7-10/h3-7,9,11H,8,22H2,1-2H3. The lowest BCUT2D eigenvalue weighted by molar-refractivity contribution is -0.410. The largest absolute Gasteiger partial charge is 0.451 e. The molecule has 0 saturated carbocycles. The molecule has 0 aliphatic heterocycles. The number of alkyl halides is 5. The lowest BCUT2D eigenvalue weighted by Gasteiger charge is -2.30. The summed E-state index contributed by atoms with van der Waals surface area (Å²) in [6.45, 7) is -1.31. The summed E-state index contributed by atoms with van der Waals surface area (Å²) in [6, 6.07) is 8.62. The van der Waals surface area contributed by atoms with E-state index in [1.807, 2.05) is 0 Å². The number of rotatable bonds is 8. The Hall–Kier alpha value is -1.03. The van der Waals surface area contributed by atoms with E-state index in [9.17, 15) is 22.0 Å². The van der Waals surface area contributed by atoms with E-state index in [0.717, 1.165) is 5.19 Å². The molecule has 1 aromatic rings. The van der Waals surface area contributed by atoms with E-state index in [4.69, 9.17) is 9.16 Å². The van der Waals surface area contributed by atoms with Gasteiger partial charge in [0, 0.05) is 0 Å². The van der Waals surface area contributed by atoms with E-state index >= 15 is 0 Å². The summed E-state index contributed by atoms with van der Waals surface area (Å²) in [6.07, 6.45) is -6.12. The van der Waals surface area contributed by atoms with E-state index < -0.39 is 41.0 Å². The minimum atomic E-state index is -5.53. The third kappa shape index (κ3) is 5.63. The van der Waals surface area contributed by atoms with Gasteiger partial charge in [-0.05, 0) is 19.0 Å². The van der Waals surface area contributed by atoms with Crippen molar-refractivity contribution in [3.63, 3.8) is 0 Å². The average Bonchev–Trinajstić information content (AvgIpc) is 2.44. The number of halogens is 5. The van der Waals surface area contributed by atoms with E-state index in [2.05, 4.69) is 4.74 Å². The second-order valence-corrected chi connectivity index (χ2v) is 6.19. The zero-order valence-electron chi connectivity index (χ0n) is 12.1. The van der Waals surface area contributed by atoms with Crippen LogP contribution in [0, 0.1) is 0 Å². The molecule has 0 radical (unpaired) electrons. The highest BCUT2D eigenvalue weighted by Gasteiger charge is 2.59. The summed E-state index contributed by atoms with van der Waals surface area (Å²) in [4.78, 5) is 0. The molecule has 3 nitrogen and oxygen atoms in total. The van der Waals surface area contributed by atoms with Gasteiger partial charge in [0.1, 0.15) is 0 Å². The first kappa shape index (κ1) is 19.0. The quantitative estimate of drug-likeness (QED) is 0.412. The minimum Gasteiger partial charge on any atom is -0.373 e. The number of hydrogen-bond acceptors (Lipinski definition) is 3. The van der Waals surface area contributed by atoms with Gasteiger partial charge in [-0.25, -0.2) is 4.39 Å². The van der Waals surface area contributed by atoms with Crippen LogP contribution in [0.15, 0.2) is 30.3 Å². The molecular weight excluding hydrogens is 327 g/mol. The Balaban J connectivity index is 2.75. The summed E-state index contributed by atoms with van der Waals surface area (Å²) in [7, 11) is -1.53. The van der Waals surface area contributed by atoms with Gasteiger partial charge in [0.2, 0.25) is 0 Å². The Labute approximate surface area is 127 Å². The fraction of sp³-hybridized carbons (Fsp3) is 0.538. The maximum absolute atomic E-state index is 13.6. The van der Waals surface area contributed by atoms with Gasteiger partial charge in [-0.3, -0.25) is 4.74 Å². The number of hydrogen-bond donors (Lipinski definition) is 0. The van der Waals surface area contributed by atoms with Gasteiger partial charge in [-0.15, -0.1) is 0 Å². The van der Waals surface area contributed by atoms with Crippen molar-refractivity contribution in [2.24, 2.45) is 0 Å². The third-order valence-corrected chi connectivity index (χ3v) is 3.73. The van der Waals surface area contributed by atoms with Gasteiger partial charge in [-0.2, -0.15) is 17.6 Å². The summed E-state index contributed by atoms with van der Waals surface area (Å²) in [5, 5.41) is 0.750. The highest BCUT2D eigenvalue weighted by Crippen LogP contribution is 2.36. The topological polar surface area (TPSA) is 27.7 Å². The van der Waals surface area contributed by atoms with E-state index in [-0.39, 0.29) is 0 Å². The molecule has 0 heterocycles. The fourth-order valence-electron chi connectivity index (χ4n) is 1.39. The van der Waals surface area contributed by atoms with Crippen molar-refractivity contribution in [3.8, 4) is 0 Å². The molecule has 0 N–H and O–H groups in total. The number of ether oxygens (including phenoxy) is 2. The molecule has 1 rings (SSSR count). The first-order valence-corrected chi connectivity index (χ1v) is 7.77. The maximum Gasteiger partial charge on any atom is 0.451 e. The monoisotopic (exact) mass is 344 g/mol. The molecule has 0 fully saturated rings. The van der Waals surface area contributed by atoms with Crippen LogP contribution in [-0.2, 0) is 13.9 Å². The van der Waals surface area contributed by atoms with E-state index in [1.165, 1.54) is 13.8 Å². The molecule has 1 aromatic carbocycles. The molecule has 0 saturated heterocycles. The maximum atomic E-state index is 13.6. The molecule has 0 aliphatic carbocycles. The Bertz CT molecular complexity index is 443. The summed E-state index contributed by atoms with van der Waals surface area (Å²) in [5.41, 5.74) is 0. The molecule has 9 heteroatoms. The van der Waals surface area contributed by atoms with E-state index in [1.54, 1.807) is 30.3 Å². The molecular formula is C13H17F5O3Si. The molecule has 2 atom stereocenters. The van der Waals surface area contributed by atoms with Crippen LogP contribution in [-0.4, -0.2) is 41.0 Å². The van der Waals surface area contributed by atoms with Gasteiger partial charge >= 0.3 is 12.0 Å². The first-order chi connectivity index (χ1) is 10.2. The zero-order valence-corrected chi connectivity index (χ0v) is 13.5. The van der Waals surface area contributed by atoms with Gasteiger partial charge in [-0.1, -0.05) is 30.3 Å². The molecule has 0 amide bonds. The average molecular weight is 344 g/mol. The smallest absolute Gasteiger partial charge is 0.373 e. The fourth-order valence-corrected chi connectivity index (χ4v) is 2.33. The van der Waals surface area contributed by atoms with Crippen LogP contribution >= 0.6 is 0 Å². The predicted molar refractivity (Wildman–Crippen MR) is 72.7 cm³/mol. The highest BCUT2D eigenvalue weighted by molar-refractivity contribution is 6.46. The van der Waals surface area contributed by atoms with Gasteiger partial charge in [0.05, 0.1) is 6.10 Å². The summed E-state index contributed by atoms with van der Waals surface area (Å²) in [5.74, 6) is -4.46. The first-order valence-electron chi connectivity index (χ1n) is 6.48. The lowest BCUT2D eigenvalue weighted by Crippen LogP contribution is -2.50. The molecule has 22 heavy (non-hydrogen) atoms. The second-order valence-electron chi connectivity index (χ2n) is 4.75. The molecule has 0 bridgehead atoms. The lowest BCUT2D eigenvalue weighted by atomic mass is 10.3. The van der Waals surface area contributed by atoms with Crippen LogP contribution in [0.2, 0.25) is 0 Å². The van der Waals surface area contributed by atoms with Gasteiger partial charge in [0.25, 0.3) is 6.48 Å². The predicted octanol–water partition coefficient (Wildman–Crippen LogP) is 2.34. The van der Waals surface area contributed by atoms with Crippen molar-refractivity contribution in [3.05, 3.63) is 30.3 Å². The van der Waals surface area contributed by atoms with Crippen molar-refractivity contribution < 1.29 is 35.9 Å². The molecule has 2 unspecified atom stereocenters. The van der Waals surface area contributed by atoms with Crippen molar-refractivity contribution in [2.75, 3.05) is 6.67 Å². The van der Waals surface area contributed by atoms with Gasteiger partial charge < -0.3 is 9.16 Å². The molecule has 0 spiro atoms. The zero-order chi connectivity index (χ0) is 16.8. The van der Waals surface area contributed by atoms with Crippen molar-refractivity contribution in [1.82, 2.24) is 0 Å². The van der Waals surface area contributed by atoms with Crippen LogP contribution in [0.4, 0.5) is 22.0 Å². The highest BCUT2D eigenvalue weighted by atomic mass is 28.2. The van der Waals surface area contributed by atoms with Crippen LogP contribution < -0.4 is 5.19 Å². The van der Waals surface area contributed by atoms with Crippen molar-refractivity contribution in [1.29, 1.82) is 0 Å². The third-order valence-electron chi connectivity index (χ3n) is 2.49. The van der Waals surface area contributed by atoms with Gasteiger partial charge in [0.15, 0.2) is 16.4 Å². The molecule has 0 aliphatic rings. The summed E-state index contributed by atoms with van der Waals surface area (Å²) >= 11 is 0. The Kier molecular flexibility index (Phi) is 6.91. The van der Waals surface area contributed by atoms with Crippen LogP contribution in [0.3, 0.4) is 0 Å². The Morgan fingerprint density at radius 2 is 1.68 bits per heavy atom. The van der Waals surface area contributed by atoms with Crippen LogP contribution in [0.5, 0.6) is 0 Å².